The molecule has 0 bridgehead atoms. The number of hydrogen-bond donors (Lipinski definition) is 11. The first kappa shape index (κ1) is 32.8. The van der Waals surface area contributed by atoms with Gasteiger partial charge in [0.05, 0.1) is 12.1 Å². The van der Waals surface area contributed by atoms with E-state index in [2.05, 4.69) is 36.9 Å². The summed E-state index contributed by atoms with van der Waals surface area (Å²) in [6, 6.07) is 4.27. The van der Waals surface area contributed by atoms with Gasteiger partial charge in [-0.1, -0.05) is 18.2 Å². The quantitative estimate of drug-likeness (QED) is 0.0579. The number of benzene rings is 1. The third-order valence-corrected chi connectivity index (χ3v) is 7.17. The van der Waals surface area contributed by atoms with Gasteiger partial charge in [-0.3, -0.25) is 30.0 Å². The Bertz CT molecular complexity index is 1270. The second-order valence-electron chi connectivity index (χ2n) is 10.5. The topological polar surface area (TPSA) is 256 Å². The molecule has 1 aliphatic heterocycles. The number of carbonyl (C=O) groups is 3. The van der Waals surface area contributed by atoms with Crippen LogP contribution in [0.1, 0.15) is 44.1 Å². The van der Waals surface area contributed by atoms with Crippen LogP contribution in [0.5, 0.6) is 0 Å². The van der Waals surface area contributed by atoms with Crippen molar-refractivity contribution in [2.45, 2.75) is 69.1 Å². The van der Waals surface area contributed by atoms with Crippen LogP contribution in [-0.2, 0) is 25.6 Å². The molecule has 2 heterocycles. The van der Waals surface area contributed by atoms with Gasteiger partial charge in [-0.2, -0.15) is 0 Å². The summed E-state index contributed by atoms with van der Waals surface area (Å²) in [5.74, 6) is -1.84. The van der Waals surface area contributed by atoms with Crippen LogP contribution < -0.4 is 43.4 Å². The van der Waals surface area contributed by atoms with Gasteiger partial charge in [-0.15, -0.1) is 0 Å². The Morgan fingerprint density at radius 2 is 1.63 bits per heavy atom. The molecule has 233 valence electrons. The summed E-state index contributed by atoms with van der Waals surface area (Å²) in [7, 11) is 0. The maximum Gasteiger partial charge on any atom is 0.243 e. The molecule has 43 heavy (non-hydrogen) atoms. The molecule has 0 unspecified atom stereocenters. The number of carbonyl (C=O) groups excluding carboxylic acids is 4. The van der Waals surface area contributed by atoms with Crippen molar-refractivity contribution in [3.05, 3.63) is 36.0 Å². The Morgan fingerprint density at radius 1 is 0.953 bits per heavy atom. The van der Waals surface area contributed by atoms with Crippen molar-refractivity contribution in [1.82, 2.24) is 36.9 Å². The molecule has 1 aromatic carbocycles. The predicted octanol–water partition coefficient (Wildman–Crippen LogP) is -1.45. The van der Waals surface area contributed by atoms with E-state index in [4.69, 9.17) is 22.3 Å². The number of para-hydroxylation sites is 1. The Balaban J connectivity index is 1.75. The molecule has 1 saturated heterocycles. The van der Waals surface area contributed by atoms with Crippen LogP contribution in [0, 0.1) is 10.8 Å². The van der Waals surface area contributed by atoms with Gasteiger partial charge in [-0.25, -0.2) is 0 Å². The van der Waals surface area contributed by atoms with E-state index in [-0.39, 0.29) is 43.6 Å². The summed E-state index contributed by atoms with van der Waals surface area (Å²) in [6.45, 7) is 1.34. The van der Waals surface area contributed by atoms with Gasteiger partial charge < -0.3 is 48.4 Å². The Hall–Kier alpha value is -4.66. The van der Waals surface area contributed by atoms with Crippen molar-refractivity contribution in [1.29, 1.82) is 10.8 Å². The first-order valence-electron chi connectivity index (χ1n) is 14.4. The lowest BCUT2D eigenvalue weighted by molar-refractivity contribution is -0.132. The molecule has 0 saturated carbocycles. The summed E-state index contributed by atoms with van der Waals surface area (Å²) in [5, 5.41) is 32.2. The second-order valence-corrected chi connectivity index (χ2v) is 10.5. The van der Waals surface area contributed by atoms with E-state index in [0.717, 1.165) is 22.9 Å². The fourth-order valence-electron chi connectivity index (χ4n) is 4.94. The second kappa shape index (κ2) is 16.7. The molecule has 1 radical (unpaired) electrons. The van der Waals surface area contributed by atoms with Crippen molar-refractivity contribution >= 4 is 46.8 Å². The zero-order valence-electron chi connectivity index (χ0n) is 24.1. The number of amides is 3. The molecule has 0 spiro atoms. The zero-order chi connectivity index (χ0) is 31.2. The molecule has 0 aliphatic carbocycles. The predicted molar refractivity (Wildman–Crippen MR) is 163 cm³/mol. The fourth-order valence-corrected chi connectivity index (χ4v) is 4.94. The molecule has 2 aromatic rings. The van der Waals surface area contributed by atoms with E-state index in [9.17, 15) is 19.2 Å². The number of rotatable bonds is 17. The first-order valence-corrected chi connectivity index (χ1v) is 14.4. The van der Waals surface area contributed by atoms with Crippen LogP contribution in [0.4, 0.5) is 0 Å². The molecular formula is C28H42N11O4. The monoisotopic (exact) mass is 596 g/mol. The largest absolute Gasteiger partial charge is 0.370 e. The highest BCUT2D eigenvalue weighted by Gasteiger charge is 2.31. The van der Waals surface area contributed by atoms with Crippen LogP contribution in [0.2, 0.25) is 0 Å². The third kappa shape index (κ3) is 10.6. The summed E-state index contributed by atoms with van der Waals surface area (Å²) in [5.41, 5.74) is 12.4. The highest BCUT2D eigenvalue weighted by molar-refractivity contribution is 5.94. The fraction of sp³-hybridized carbons (Fsp3) is 0.500. The standard InChI is InChI=1S/C28H42N11O4/c29-27(30)34-12-3-6-18(16-40)37-25(42)22(10-5-13-35-28(31)32)38-26(43)23(39-24(41)21-9-4-11-33-21)14-17-15-36-20-8-2-1-7-19(17)20/h1-2,7-8,15,18,21-23,33,36H,3-6,9-14H2,(H,37,42)(H,38,43)(H,39,41)(H4,29,30,34)(H4,31,32,35)/t18-,21-,22-,23-/m0/s1. The van der Waals surface area contributed by atoms with Gasteiger partial charge in [0, 0.05) is 36.6 Å². The Morgan fingerprint density at radius 3 is 2.28 bits per heavy atom. The summed E-state index contributed by atoms with van der Waals surface area (Å²) >= 11 is 0. The van der Waals surface area contributed by atoms with Gasteiger partial charge in [0.2, 0.25) is 24.0 Å². The Labute approximate surface area is 250 Å². The Kier molecular flexibility index (Phi) is 12.8. The number of nitrogens with two attached hydrogens (primary N) is 2. The van der Waals surface area contributed by atoms with Crippen LogP contribution in [-0.4, -0.2) is 84.7 Å². The number of hydrogen-bond acceptors (Lipinski definition) is 7. The zero-order valence-corrected chi connectivity index (χ0v) is 24.1. The van der Waals surface area contributed by atoms with Gasteiger partial charge in [0.1, 0.15) is 12.1 Å². The molecule has 1 aromatic heterocycles. The molecule has 15 nitrogen and oxygen atoms in total. The van der Waals surface area contributed by atoms with Gasteiger partial charge in [0.15, 0.2) is 11.9 Å². The van der Waals surface area contributed by atoms with E-state index >= 15 is 0 Å². The molecule has 4 atom stereocenters. The normalized spacial score (nSPS) is 16.4. The highest BCUT2D eigenvalue weighted by Crippen LogP contribution is 2.19. The number of nitrogens with one attached hydrogen (secondary N) is 9. The minimum Gasteiger partial charge on any atom is -0.370 e. The van der Waals surface area contributed by atoms with Crippen molar-refractivity contribution in [3.63, 3.8) is 0 Å². The number of aromatic nitrogens is 1. The van der Waals surface area contributed by atoms with Crippen molar-refractivity contribution in [2.75, 3.05) is 19.6 Å². The minimum absolute atomic E-state index is 0.174. The van der Waals surface area contributed by atoms with E-state index in [0.29, 0.717) is 32.4 Å². The average molecular weight is 597 g/mol. The highest BCUT2D eigenvalue weighted by atomic mass is 16.2. The van der Waals surface area contributed by atoms with Gasteiger partial charge in [-0.05, 0) is 56.7 Å². The summed E-state index contributed by atoms with van der Waals surface area (Å²) < 4.78 is 0. The maximum atomic E-state index is 13.7. The number of guanidine groups is 2. The molecule has 3 amide bonds. The first-order chi connectivity index (χ1) is 20.7. The van der Waals surface area contributed by atoms with Gasteiger partial charge >= 0.3 is 0 Å². The van der Waals surface area contributed by atoms with E-state index in [1.165, 1.54) is 0 Å². The van der Waals surface area contributed by atoms with Crippen LogP contribution in [0.3, 0.4) is 0 Å². The van der Waals surface area contributed by atoms with E-state index in [1.54, 1.807) is 12.5 Å². The summed E-state index contributed by atoms with van der Waals surface area (Å²) in [4.78, 5) is 54.8. The number of fused-ring (bicyclic) bond motifs is 1. The van der Waals surface area contributed by atoms with Crippen LogP contribution >= 0.6 is 0 Å². The third-order valence-electron chi connectivity index (χ3n) is 7.17. The van der Waals surface area contributed by atoms with E-state index < -0.39 is 36.0 Å². The molecule has 1 fully saturated rings. The average Bonchev–Trinajstić information content (AvgIpc) is 3.66. The number of aromatic amines is 1. The van der Waals surface area contributed by atoms with Crippen molar-refractivity contribution in [2.24, 2.45) is 11.5 Å². The number of H-pyrrole nitrogens is 1. The lowest BCUT2D eigenvalue weighted by Gasteiger charge is -2.25. The minimum atomic E-state index is -1.04. The van der Waals surface area contributed by atoms with Crippen molar-refractivity contribution < 1.29 is 19.2 Å². The molecule has 13 N–H and O–H groups in total. The van der Waals surface area contributed by atoms with Gasteiger partial charge in [0.25, 0.3) is 0 Å². The van der Waals surface area contributed by atoms with Crippen molar-refractivity contribution in [3.8, 4) is 0 Å². The van der Waals surface area contributed by atoms with E-state index in [1.807, 2.05) is 24.3 Å². The smallest absolute Gasteiger partial charge is 0.243 e. The SMILES string of the molecule is N=C(N)NCCC[C@@H]([C]=O)NC(=O)[C@H](CCCNC(=N)N)NC(=O)[C@H](Cc1c[nH]c2ccccc12)NC(=O)[C@@H]1CCCN1. The lowest BCUT2D eigenvalue weighted by atomic mass is 10.0. The summed E-state index contributed by atoms with van der Waals surface area (Å²) in [6.07, 6.45) is 6.54. The van der Waals surface area contributed by atoms with Crippen LogP contribution in [0.15, 0.2) is 30.5 Å². The molecule has 1 aliphatic rings. The lowest BCUT2D eigenvalue weighted by Crippen LogP contribution is -2.57. The maximum absolute atomic E-state index is 13.7. The van der Waals surface area contributed by atoms with Crippen LogP contribution in [0.25, 0.3) is 10.9 Å². The molecule has 3 rings (SSSR count). The molecule has 15 heteroatoms. The molecular weight excluding hydrogens is 554 g/mol.